The van der Waals surface area contributed by atoms with Crippen LogP contribution in [-0.2, 0) is 0 Å². The second-order valence-corrected chi connectivity index (χ2v) is 5.43. The van der Waals surface area contributed by atoms with Crippen molar-refractivity contribution in [3.63, 3.8) is 0 Å². The van der Waals surface area contributed by atoms with Crippen molar-refractivity contribution in [2.45, 2.75) is 45.1 Å². The third kappa shape index (κ3) is 3.58. The lowest BCUT2D eigenvalue weighted by Crippen LogP contribution is -2.25. The van der Waals surface area contributed by atoms with E-state index in [9.17, 15) is 4.39 Å². The maximum Gasteiger partial charge on any atom is 0.142 e. The zero-order valence-electron chi connectivity index (χ0n) is 11.4. The molecule has 0 spiro atoms. The average molecular weight is 282 g/mol. The van der Waals surface area contributed by atoms with Gasteiger partial charge >= 0.3 is 0 Å². The van der Waals surface area contributed by atoms with Crippen molar-refractivity contribution in [3.8, 4) is 0 Å². The molecule has 0 aliphatic heterocycles. The zero-order valence-corrected chi connectivity index (χ0v) is 12.1. The average Bonchev–Trinajstić information content (AvgIpc) is 2.45. The van der Waals surface area contributed by atoms with Crippen molar-refractivity contribution in [1.29, 1.82) is 0 Å². The molecular weight excluding hydrogens is 261 g/mol. The highest BCUT2D eigenvalue weighted by Gasteiger charge is 2.21. The molecule has 1 unspecified atom stereocenters. The quantitative estimate of drug-likeness (QED) is 0.747. The van der Waals surface area contributed by atoms with E-state index in [2.05, 4.69) is 18.3 Å². The summed E-state index contributed by atoms with van der Waals surface area (Å²) in [6.45, 7) is 3.04. The van der Waals surface area contributed by atoms with Gasteiger partial charge in [0.25, 0.3) is 0 Å². The normalized spacial score (nSPS) is 17.1. The van der Waals surface area contributed by atoms with Crippen LogP contribution in [-0.4, -0.2) is 6.54 Å². The van der Waals surface area contributed by atoms with Gasteiger partial charge in [-0.1, -0.05) is 42.3 Å². The van der Waals surface area contributed by atoms with Crippen LogP contribution in [0.1, 0.15) is 50.6 Å². The Morgan fingerprint density at radius 2 is 2.21 bits per heavy atom. The Morgan fingerprint density at radius 1 is 1.37 bits per heavy atom. The van der Waals surface area contributed by atoms with Crippen molar-refractivity contribution < 1.29 is 4.39 Å². The molecule has 0 aromatic heterocycles. The van der Waals surface area contributed by atoms with Gasteiger partial charge in [0.1, 0.15) is 5.82 Å². The molecular formula is C16H21ClFN. The molecule has 1 aliphatic carbocycles. The monoisotopic (exact) mass is 281 g/mol. The summed E-state index contributed by atoms with van der Waals surface area (Å²) < 4.78 is 13.6. The minimum absolute atomic E-state index is 0.0587. The van der Waals surface area contributed by atoms with Gasteiger partial charge in [0.15, 0.2) is 0 Å². The Labute approximate surface area is 119 Å². The van der Waals surface area contributed by atoms with Crippen LogP contribution in [0, 0.1) is 5.82 Å². The number of nitrogens with one attached hydrogen (secondary N) is 1. The molecule has 0 heterocycles. The smallest absolute Gasteiger partial charge is 0.142 e. The third-order valence-electron chi connectivity index (χ3n) is 3.59. The topological polar surface area (TPSA) is 12.0 Å². The van der Waals surface area contributed by atoms with Crippen molar-refractivity contribution in [2.24, 2.45) is 0 Å². The van der Waals surface area contributed by atoms with E-state index < -0.39 is 0 Å². The van der Waals surface area contributed by atoms with Gasteiger partial charge in [0.2, 0.25) is 0 Å². The molecule has 1 atom stereocenters. The molecule has 2 rings (SSSR count). The lowest BCUT2D eigenvalue weighted by Gasteiger charge is -2.25. The first-order chi connectivity index (χ1) is 9.24. The van der Waals surface area contributed by atoms with Gasteiger partial charge in [-0.2, -0.15) is 0 Å². The fraction of sp³-hybridized carbons (Fsp3) is 0.500. The van der Waals surface area contributed by atoms with Gasteiger partial charge in [-0.25, -0.2) is 4.39 Å². The van der Waals surface area contributed by atoms with Crippen LogP contribution in [0.5, 0.6) is 0 Å². The first kappa shape index (κ1) is 14.5. The van der Waals surface area contributed by atoms with E-state index in [-0.39, 0.29) is 16.9 Å². The summed E-state index contributed by atoms with van der Waals surface area (Å²) in [5, 5.41) is 3.76. The van der Waals surface area contributed by atoms with E-state index in [0.717, 1.165) is 31.4 Å². The minimum atomic E-state index is -0.334. The molecule has 0 amide bonds. The molecule has 0 saturated carbocycles. The van der Waals surface area contributed by atoms with Crippen LogP contribution in [0.4, 0.5) is 4.39 Å². The SMILES string of the molecule is CCCNC(C1=CCCCC1)c1cccc(F)c1Cl. The van der Waals surface area contributed by atoms with Crippen molar-refractivity contribution in [3.05, 3.63) is 46.3 Å². The summed E-state index contributed by atoms with van der Waals surface area (Å²) >= 11 is 6.14. The van der Waals surface area contributed by atoms with Crippen LogP contribution in [0.15, 0.2) is 29.8 Å². The lowest BCUT2D eigenvalue weighted by atomic mass is 9.89. The maximum absolute atomic E-state index is 13.6. The molecule has 1 aromatic carbocycles. The molecule has 0 bridgehead atoms. The Hall–Kier alpha value is -0.860. The van der Waals surface area contributed by atoms with E-state index in [1.165, 1.54) is 24.5 Å². The molecule has 0 fully saturated rings. The summed E-state index contributed by atoms with van der Waals surface area (Å²) in [5.74, 6) is -0.334. The molecule has 1 N–H and O–H groups in total. The predicted molar refractivity (Wildman–Crippen MR) is 79.0 cm³/mol. The Kier molecular flexibility index (Phi) is 5.41. The van der Waals surface area contributed by atoms with Gasteiger partial charge in [0, 0.05) is 0 Å². The van der Waals surface area contributed by atoms with E-state index in [1.807, 2.05) is 6.07 Å². The van der Waals surface area contributed by atoms with Crippen molar-refractivity contribution in [1.82, 2.24) is 5.32 Å². The molecule has 104 valence electrons. The first-order valence-electron chi connectivity index (χ1n) is 7.10. The van der Waals surface area contributed by atoms with Crippen molar-refractivity contribution >= 4 is 11.6 Å². The highest BCUT2D eigenvalue weighted by Crippen LogP contribution is 2.34. The Morgan fingerprint density at radius 3 is 2.89 bits per heavy atom. The Balaban J connectivity index is 2.30. The van der Waals surface area contributed by atoms with Crippen LogP contribution in [0.2, 0.25) is 5.02 Å². The largest absolute Gasteiger partial charge is 0.306 e. The van der Waals surface area contributed by atoms with Crippen LogP contribution >= 0.6 is 11.6 Å². The summed E-state index contributed by atoms with van der Waals surface area (Å²) in [6.07, 6.45) is 8.00. The maximum atomic E-state index is 13.6. The second-order valence-electron chi connectivity index (χ2n) is 5.06. The fourth-order valence-electron chi connectivity index (χ4n) is 2.60. The summed E-state index contributed by atoms with van der Waals surface area (Å²) in [5.41, 5.74) is 2.22. The molecule has 1 aliphatic rings. The number of benzene rings is 1. The highest BCUT2D eigenvalue weighted by atomic mass is 35.5. The minimum Gasteiger partial charge on any atom is -0.306 e. The number of allylic oxidation sites excluding steroid dienone is 1. The Bertz CT molecular complexity index is 456. The zero-order chi connectivity index (χ0) is 13.7. The molecule has 0 radical (unpaired) electrons. The molecule has 19 heavy (non-hydrogen) atoms. The van der Waals surface area contributed by atoms with E-state index in [0.29, 0.717) is 0 Å². The fourth-order valence-corrected chi connectivity index (χ4v) is 2.83. The number of rotatable bonds is 5. The highest BCUT2D eigenvalue weighted by molar-refractivity contribution is 6.31. The van der Waals surface area contributed by atoms with Crippen LogP contribution in [0.3, 0.4) is 0 Å². The second kappa shape index (κ2) is 7.06. The van der Waals surface area contributed by atoms with E-state index in [1.54, 1.807) is 6.07 Å². The number of halogens is 2. The summed E-state index contributed by atoms with van der Waals surface area (Å²) in [7, 11) is 0. The van der Waals surface area contributed by atoms with Gasteiger partial charge in [-0.05, 0) is 50.3 Å². The number of hydrogen-bond donors (Lipinski definition) is 1. The molecule has 1 nitrogen and oxygen atoms in total. The van der Waals surface area contributed by atoms with Crippen LogP contribution < -0.4 is 5.32 Å². The van der Waals surface area contributed by atoms with Crippen LogP contribution in [0.25, 0.3) is 0 Å². The third-order valence-corrected chi connectivity index (χ3v) is 3.99. The first-order valence-corrected chi connectivity index (χ1v) is 7.48. The van der Waals surface area contributed by atoms with E-state index >= 15 is 0 Å². The van der Waals surface area contributed by atoms with Crippen molar-refractivity contribution in [2.75, 3.05) is 6.54 Å². The van der Waals surface area contributed by atoms with Gasteiger partial charge < -0.3 is 5.32 Å². The van der Waals surface area contributed by atoms with Gasteiger partial charge in [-0.15, -0.1) is 0 Å². The van der Waals surface area contributed by atoms with Gasteiger partial charge in [0.05, 0.1) is 11.1 Å². The summed E-state index contributed by atoms with van der Waals surface area (Å²) in [6, 6.07) is 5.13. The summed E-state index contributed by atoms with van der Waals surface area (Å²) in [4.78, 5) is 0. The van der Waals surface area contributed by atoms with E-state index in [4.69, 9.17) is 11.6 Å². The predicted octanol–water partition coefficient (Wildman–Crippen LogP) is 5.02. The standard InChI is InChI=1S/C16H21ClFN/c1-2-11-19-16(12-7-4-3-5-8-12)13-9-6-10-14(18)15(13)17/h6-7,9-10,16,19H,2-5,8,11H2,1H3. The molecule has 3 heteroatoms. The number of hydrogen-bond acceptors (Lipinski definition) is 1. The molecule has 0 saturated heterocycles. The van der Waals surface area contributed by atoms with Gasteiger partial charge in [-0.3, -0.25) is 0 Å². The molecule has 1 aromatic rings. The lowest BCUT2D eigenvalue weighted by molar-refractivity contribution is 0.542.